The molecule has 0 bridgehead atoms. The van der Waals surface area contributed by atoms with Gasteiger partial charge in [0.2, 0.25) is 0 Å². The van der Waals surface area contributed by atoms with Crippen molar-refractivity contribution < 1.29 is 13.2 Å². The predicted molar refractivity (Wildman–Crippen MR) is 65.2 cm³/mol. The third kappa shape index (κ3) is 2.86. The second-order valence-corrected chi connectivity index (χ2v) is 4.10. The molecule has 7 heteroatoms. The minimum atomic E-state index is -4.44. The lowest BCUT2D eigenvalue weighted by atomic mass is 10.1. The number of hydrogen-bond donors (Lipinski definition) is 1. The molecular formula is C12H13F3N4. The standard InChI is InChI=1S/C12H13F3N4/c1-2-5-19-10(3-4-17-19)9-6-8(12(13,14)15)7-11(16)18-9/h3-4,6-7H,2,5H2,1H3,(H2,16,18). The van der Waals surface area contributed by atoms with Gasteiger partial charge in [-0.15, -0.1) is 0 Å². The second-order valence-electron chi connectivity index (χ2n) is 4.10. The Bertz CT molecular complexity index is 575. The van der Waals surface area contributed by atoms with Crippen molar-refractivity contribution in [2.45, 2.75) is 26.1 Å². The molecule has 2 aromatic rings. The first-order chi connectivity index (χ1) is 8.91. The molecule has 2 heterocycles. The summed E-state index contributed by atoms with van der Waals surface area (Å²) in [5.41, 5.74) is 5.35. The monoisotopic (exact) mass is 270 g/mol. The van der Waals surface area contributed by atoms with E-state index in [-0.39, 0.29) is 11.5 Å². The molecule has 0 amide bonds. The number of hydrogen-bond acceptors (Lipinski definition) is 3. The number of alkyl halides is 3. The van der Waals surface area contributed by atoms with Crippen LogP contribution in [0, 0.1) is 0 Å². The summed E-state index contributed by atoms with van der Waals surface area (Å²) in [6, 6.07) is 3.43. The van der Waals surface area contributed by atoms with Gasteiger partial charge in [-0.05, 0) is 24.6 Å². The zero-order chi connectivity index (χ0) is 14.0. The Kier molecular flexibility index (Phi) is 3.46. The van der Waals surface area contributed by atoms with E-state index in [4.69, 9.17) is 5.73 Å². The highest BCUT2D eigenvalue weighted by Gasteiger charge is 2.31. The molecule has 0 atom stereocenters. The van der Waals surface area contributed by atoms with Gasteiger partial charge in [-0.25, -0.2) is 4.98 Å². The largest absolute Gasteiger partial charge is 0.416 e. The van der Waals surface area contributed by atoms with Gasteiger partial charge < -0.3 is 5.73 Å². The van der Waals surface area contributed by atoms with E-state index in [1.54, 1.807) is 10.7 Å². The summed E-state index contributed by atoms with van der Waals surface area (Å²) >= 11 is 0. The quantitative estimate of drug-likeness (QED) is 0.932. The average molecular weight is 270 g/mol. The van der Waals surface area contributed by atoms with Gasteiger partial charge in [0.15, 0.2) is 0 Å². The number of nitrogens with zero attached hydrogens (tertiary/aromatic N) is 3. The van der Waals surface area contributed by atoms with Crippen LogP contribution in [0.5, 0.6) is 0 Å². The SMILES string of the molecule is CCCn1nccc1-c1cc(C(F)(F)F)cc(N)n1. The molecule has 4 nitrogen and oxygen atoms in total. The molecule has 2 N–H and O–H groups in total. The summed E-state index contributed by atoms with van der Waals surface area (Å²) in [5.74, 6) is -0.158. The average Bonchev–Trinajstić information content (AvgIpc) is 2.76. The maximum absolute atomic E-state index is 12.7. The predicted octanol–water partition coefficient (Wildman–Crippen LogP) is 2.96. The summed E-state index contributed by atoms with van der Waals surface area (Å²) in [4.78, 5) is 3.95. The summed E-state index contributed by atoms with van der Waals surface area (Å²) in [6.07, 6.45) is -2.09. The first kappa shape index (κ1) is 13.4. The zero-order valence-electron chi connectivity index (χ0n) is 10.3. The van der Waals surface area contributed by atoms with Crippen LogP contribution in [0.15, 0.2) is 24.4 Å². The third-order valence-electron chi connectivity index (χ3n) is 2.59. The van der Waals surface area contributed by atoms with Crippen LogP contribution in [0.1, 0.15) is 18.9 Å². The van der Waals surface area contributed by atoms with Crippen LogP contribution in [0.4, 0.5) is 19.0 Å². The van der Waals surface area contributed by atoms with Crippen LogP contribution in [0.3, 0.4) is 0 Å². The molecule has 102 valence electrons. The molecule has 0 saturated heterocycles. The Hall–Kier alpha value is -2.05. The van der Waals surface area contributed by atoms with E-state index in [1.165, 1.54) is 6.20 Å². The van der Waals surface area contributed by atoms with Crippen molar-refractivity contribution in [3.63, 3.8) is 0 Å². The molecular weight excluding hydrogens is 257 g/mol. The van der Waals surface area contributed by atoms with Crippen LogP contribution in [0.25, 0.3) is 11.4 Å². The number of aromatic nitrogens is 3. The fourth-order valence-corrected chi connectivity index (χ4v) is 1.79. The fraction of sp³-hybridized carbons (Fsp3) is 0.333. The van der Waals surface area contributed by atoms with Gasteiger partial charge in [0.25, 0.3) is 0 Å². The molecule has 0 spiro atoms. The molecule has 2 rings (SSSR count). The van der Waals surface area contributed by atoms with E-state index in [1.807, 2.05) is 6.92 Å². The Morgan fingerprint density at radius 2 is 2.05 bits per heavy atom. The number of aryl methyl sites for hydroxylation is 1. The Morgan fingerprint density at radius 3 is 2.68 bits per heavy atom. The molecule has 0 aliphatic carbocycles. The van der Waals surface area contributed by atoms with Crippen molar-refractivity contribution in [3.8, 4) is 11.4 Å². The lowest BCUT2D eigenvalue weighted by Gasteiger charge is -2.11. The molecule has 0 radical (unpaired) electrons. The molecule has 2 aromatic heterocycles. The topological polar surface area (TPSA) is 56.7 Å². The van der Waals surface area contributed by atoms with E-state index >= 15 is 0 Å². The van der Waals surface area contributed by atoms with Gasteiger partial charge >= 0.3 is 6.18 Å². The smallest absolute Gasteiger partial charge is 0.384 e. The van der Waals surface area contributed by atoms with Crippen molar-refractivity contribution in [1.82, 2.24) is 14.8 Å². The highest BCUT2D eigenvalue weighted by Crippen LogP contribution is 2.32. The van der Waals surface area contributed by atoms with Crippen LogP contribution in [0.2, 0.25) is 0 Å². The van der Waals surface area contributed by atoms with Crippen molar-refractivity contribution >= 4 is 5.82 Å². The Balaban J connectivity index is 2.50. The van der Waals surface area contributed by atoms with Crippen LogP contribution >= 0.6 is 0 Å². The van der Waals surface area contributed by atoms with E-state index in [2.05, 4.69) is 10.1 Å². The van der Waals surface area contributed by atoms with Crippen LogP contribution in [-0.2, 0) is 12.7 Å². The normalized spacial score (nSPS) is 11.8. The molecule has 0 fully saturated rings. The highest BCUT2D eigenvalue weighted by atomic mass is 19.4. The van der Waals surface area contributed by atoms with E-state index < -0.39 is 11.7 Å². The minimum absolute atomic E-state index is 0.158. The number of rotatable bonds is 3. The zero-order valence-corrected chi connectivity index (χ0v) is 10.3. The first-order valence-electron chi connectivity index (χ1n) is 5.78. The molecule has 0 unspecified atom stereocenters. The third-order valence-corrected chi connectivity index (χ3v) is 2.59. The number of anilines is 1. The summed E-state index contributed by atoms with van der Waals surface area (Å²) < 4.78 is 39.8. The van der Waals surface area contributed by atoms with Crippen molar-refractivity contribution in [2.75, 3.05) is 5.73 Å². The number of pyridine rings is 1. The summed E-state index contributed by atoms with van der Waals surface area (Å²) in [5, 5.41) is 4.06. The summed E-state index contributed by atoms with van der Waals surface area (Å²) in [7, 11) is 0. The molecule has 0 aliphatic heterocycles. The maximum atomic E-state index is 12.7. The van der Waals surface area contributed by atoms with Gasteiger partial charge in [-0.3, -0.25) is 4.68 Å². The van der Waals surface area contributed by atoms with Gasteiger partial charge in [-0.2, -0.15) is 18.3 Å². The van der Waals surface area contributed by atoms with Gasteiger partial charge in [0.05, 0.1) is 17.0 Å². The van der Waals surface area contributed by atoms with Gasteiger partial charge in [0.1, 0.15) is 5.82 Å². The Labute approximate surface area is 108 Å². The van der Waals surface area contributed by atoms with Gasteiger partial charge in [-0.1, -0.05) is 6.92 Å². The summed E-state index contributed by atoms with van der Waals surface area (Å²) in [6.45, 7) is 2.57. The maximum Gasteiger partial charge on any atom is 0.416 e. The van der Waals surface area contributed by atoms with Crippen molar-refractivity contribution in [1.29, 1.82) is 0 Å². The van der Waals surface area contributed by atoms with E-state index in [9.17, 15) is 13.2 Å². The van der Waals surface area contributed by atoms with Crippen LogP contribution < -0.4 is 5.73 Å². The second kappa shape index (κ2) is 4.91. The Morgan fingerprint density at radius 1 is 1.32 bits per heavy atom. The van der Waals surface area contributed by atoms with E-state index in [0.29, 0.717) is 12.2 Å². The fourth-order valence-electron chi connectivity index (χ4n) is 1.79. The lowest BCUT2D eigenvalue weighted by molar-refractivity contribution is -0.137. The van der Waals surface area contributed by atoms with E-state index in [0.717, 1.165) is 18.6 Å². The van der Waals surface area contributed by atoms with Crippen molar-refractivity contribution in [3.05, 3.63) is 30.0 Å². The van der Waals surface area contributed by atoms with Gasteiger partial charge in [0, 0.05) is 12.7 Å². The molecule has 0 aromatic carbocycles. The number of halogens is 3. The van der Waals surface area contributed by atoms with Crippen molar-refractivity contribution in [2.24, 2.45) is 0 Å². The molecule has 19 heavy (non-hydrogen) atoms. The molecule has 0 aliphatic rings. The highest BCUT2D eigenvalue weighted by molar-refractivity contribution is 5.58. The minimum Gasteiger partial charge on any atom is -0.384 e. The first-order valence-corrected chi connectivity index (χ1v) is 5.78. The van der Waals surface area contributed by atoms with Crippen LogP contribution in [-0.4, -0.2) is 14.8 Å². The molecule has 0 saturated carbocycles. The lowest BCUT2D eigenvalue weighted by Crippen LogP contribution is -2.09. The number of nitrogens with two attached hydrogens (primary N) is 1. The number of nitrogen functional groups attached to an aromatic ring is 1.